The van der Waals surface area contributed by atoms with Crippen molar-refractivity contribution in [2.24, 2.45) is 0 Å². The van der Waals surface area contributed by atoms with Gasteiger partial charge < -0.3 is 9.84 Å². The second kappa shape index (κ2) is 2.22. The number of fused-ring (bicyclic) bond motifs is 2. The van der Waals surface area contributed by atoms with E-state index < -0.39 is 0 Å². The van der Waals surface area contributed by atoms with Crippen molar-refractivity contribution in [2.45, 2.75) is 49.7 Å². The minimum Gasteiger partial charge on any atom is -0.391 e. The third-order valence-corrected chi connectivity index (χ3v) is 3.77. The van der Waals surface area contributed by atoms with Gasteiger partial charge >= 0.3 is 0 Å². The van der Waals surface area contributed by atoms with Crippen LogP contribution in [0.1, 0.15) is 19.3 Å². The molecule has 0 aromatic rings. The molecule has 1 N–H and O–H groups in total. The third-order valence-electron chi connectivity index (χ3n) is 3.77. The number of aliphatic hydroxyl groups excluding tert-OH is 1. The van der Waals surface area contributed by atoms with Gasteiger partial charge in [-0.15, -0.1) is 0 Å². The molecule has 68 valence electrons. The van der Waals surface area contributed by atoms with Gasteiger partial charge in [0.15, 0.2) is 0 Å². The van der Waals surface area contributed by atoms with E-state index in [1.165, 1.54) is 6.42 Å². The van der Waals surface area contributed by atoms with Gasteiger partial charge in [-0.05, 0) is 19.9 Å². The van der Waals surface area contributed by atoms with Gasteiger partial charge in [0.25, 0.3) is 0 Å². The molecule has 5 rings (SSSR count). The summed E-state index contributed by atoms with van der Waals surface area (Å²) in [4.78, 5) is 2.33. The zero-order valence-electron chi connectivity index (χ0n) is 7.31. The first-order valence-electron chi connectivity index (χ1n) is 4.83. The number of aliphatic hydroxyl groups is 1. The fraction of sp³-hybridized carbons (Fsp3) is 1.00. The Hall–Kier alpha value is -0.120. The number of piperidine rings is 2. The van der Waals surface area contributed by atoms with Crippen molar-refractivity contribution in [1.29, 1.82) is 0 Å². The lowest BCUT2D eigenvalue weighted by molar-refractivity contribution is -0.249. The van der Waals surface area contributed by atoms with Crippen LogP contribution in [-0.4, -0.2) is 47.4 Å². The van der Waals surface area contributed by atoms with E-state index in [0.29, 0.717) is 18.2 Å². The number of morpholine rings is 1. The molecule has 0 saturated carbocycles. The van der Waals surface area contributed by atoms with E-state index in [9.17, 15) is 5.11 Å². The van der Waals surface area contributed by atoms with Crippen molar-refractivity contribution in [1.82, 2.24) is 4.90 Å². The highest BCUT2D eigenvalue weighted by molar-refractivity contribution is 5.06. The Balaban J connectivity index is 1.97. The Morgan fingerprint density at radius 3 is 2.75 bits per heavy atom. The van der Waals surface area contributed by atoms with E-state index in [4.69, 9.17) is 4.74 Å². The fourth-order valence-corrected chi connectivity index (χ4v) is 3.21. The van der Waals surface area contributed by atoms with Gasteiger partial charge in [0, 0.05) is 12.5 Å². The van der Waals surface area contributed by atoms with Crippen LogP contribution in [0, 0.1) is 0 Å². The van der Waals surface area contributed by atoms with Gasteiger partial charge in [-0.1, -0.05) is 0 Å². The molecule has 5 heterocycles. The molecule has 5 fully saturated rings. The summed E-state index contributed by atoms with van der Waals surface area (Å²) in [7, 11) is 2.12. The van der Waals surface area contributed by atoms with Gasteiger partial charge in [-0.2, -0.15) is 0 Å². The van der Waals surface area contributed by atoms with Crippen molar-refractivity contribution in [3.8, 4) is 0 Å². The number of nitrogens with zero attached hydrogens (tertiary/aromatic N) is 1. The second-order valence-corrected chi connectivity index (χ2v) is 4.32. The average molecular weight is 169 g/mol. The first-order valence-corrected chi connectivity index (χ1v) is 4.83. The van der Waals surface area contributed by atoms with E-state index in [2.05, 4.69) is 11.9 Å². The van der Waals surface area contributed by atoms with E-state index >= 15 is 0 Å². The van der Waals surface area contributed by atoms with Crippen LogP contribution in [-0.2, 0) is 4.74 Å². The molecule has 0 aromatic heterocycles. The highest BCUT2D eigenvalue weighted by Gasteiger charge is 2.54. The molecule has 5 aliphatic rings. The Labute approximate surface area is 72.3 Å². The number of hydrogen-bond donors (Lipinski definition) is 1. The largest absolute Gasteiger partial charge is 0.391 e. The Kier molecular flexibility index (Phi) is 1.35. The lowest BCUT2D eigenvalue weighted by Gasteiger charge is -2.59. The lowest BCUT2D eigenvalue weighted by atomic mass is 9.76. The molecule has 0 aliphatic carbocycles. The molecule has 4 bridgehead atoms. The van der Waals surface area contributed by atoms with Crippen LogP contribution in [0.3, 0.4) is 0 Å². The number of hydrogen-bond acceptors (Lipinski definition) is 3. The van der Waals surface area contributed by atoms with E-state index in [-0.39, 0.29) is 12.1 Å². The minimum absolute atomic E-state index is 0.143. The summed E-state index contributed by atoms with van der Waals surface area (Å²) in [5.74, 6) is 0. The van der Waals surface area contributed by atoms with Gasteiger partial charge in [0.05, 0.1) is 24.4 Å². The maximum atomic E-state index is 9.77. The third kappa shape index (κ3) is 0.721. The van der Waals surface area contributed by atoms with E-state index in [0.717, 1.165) is 12.8 Å². The first-order chi connectivity index (χ1) is 5.77. The van der Waals surface area contributed by atoms with Crippen LogP contribution in [0.15, 0.2) is 0 Å². The summed E-state index contributed by atoms with van der Waals surface area (Å²) in [5.41, 5.74) is 0. The quantitative estimate of drug-likeness (QED) is 0.553. The van der Waals surface area contributed by atoms with E-state index in [1.807, 2.05) is 0 Å². The highest BCUT2D eigenvalue weighted by Crippen LogP contribution is 2.42. The summed E-state index contributed by atoms with van der Waals surface area (Å²) < 4.78 is 5.82. The molecule has 0 spiro atoms. The molecular weight excluding hydrogens is 154 g/mol. The summed E-state index contributed by atoms with van der Waals surface area (Å²) in [6.45, 7) is 0. The molecule has 3 heteroatoms. The van der Waals surface area contributed by atoms with Gasteiger partial charge in [0.1, 0.15) is 0 Å². The summed E-state index contributed by atoms with van der Waals surface area (Å²) in [5, 5.41) is 9.77. The average Bonchev–Trinajstić information content (AvgIpc) is 2.03. The monoisotopic (exact) mass is 169 g/mol. The molecule has 12 heavy (non-hydrogen) atoms. The molecule has 0 radical (unpaired) electrons. The Morgan fingerprint density at radius 2 is 2.17 bits per heavy atom. The standard InChI is InChI=1S/C9H15NO2/c1-10-5-2-3-7-9(10)6(11)4-8(5)12-7/h5-9,11H,2-4H2,1H3. The maximum absolute atomic E-state index is 9.77. The zero-order chi connectivity index (χ0) is 8.29. The van der Waals surface area contributed by atoms with Gasteiger partial charge in [0.2, 0.25) is 0 Å². The highest BCUT2D eigenvalue weighted by atomic mass is 16.5. The number of likely N-dealkylation sites (N-methyl/N-ethyl adjacent to an activating group) is 1. The lowest BCUT2D eigenvalue weighted by Crippen LogP contribution is -2.71. The molecular formula is C9H15NO2. The summed E-state index contributed by atoms with van der Waals surface area (Å²) >= 11 is 0. The minimum atomic E-state index is -0.143. The van der Waals surface area contributed by atoms with Crippen LogP contribution in [0.2, 0.25) is 0 Å². The van der Waals surface area contributed by atoms with Crippen molar-refractivity contribution >= 4 is 0 Å². The van der Waals surface area contributed by atoms with Crippen molar-refractivity contribution in [3.63, 3.8) is 0 Å². The van der Waals surface area contributed by atoms with Crippen LogP contribution >= 0.6 is 0 Å². The van der Waals surface area contributed by atoms with Crippen LogP contribution in [0.5, 0.6) is 0 Å². The molecule has 0 aromatic carbocycles. The summed E-state index contributed by atoms with van der Waals surface area (Å²) in [6, 6.07) is 0.872. The topological polar surface area (TPSA) is 32.7 Å². The first kappa shape index (κ1) is 7.30. The molecule has 5 saturated heterocycles. The van der Waals surface area contributed by atoms with Crippen molar-refractivity contribution in [3.05, 3.63) is 0 Å². The van der Waals surface area contributed by atoms with Crippen LogP contribution < -0.4 is 0 Å². The normalized spacial score (nSPS) is 58.0. The molecule has 5 unspecified atom stereocenters. The predicted octanol–water partition coefficient (Wildman–Crippen LogP) is -0.0188. The molecule has 5 aliphatic heterocycles. The van der Waals surface area contributed by atoms with E-state index in [1.54, 1.807) is 0 Å². The smallest absolute Gasteiger partial charge is 0.0760 e. The maximum Gasteiger partial charge on any atom is 0.0760 e. The number of rotatable bonds is 0. The SMILES string of the molecule is CN1C2CCC3OC2CC(O)C31. The van der Waals surface area contributed by atoms with Gasteiger partial charge in [-0.25, -0.2) is 0 Å². The van der Waals surface area contributed by atoms with Crippen molar-refractivity contribution in [2.75, 3.05) is 7.05 Å². The molecule has 3 nitrogen and oxygen atoms in total. The Bertz CT molecular complexity index is 203. The Morgan fingerprint density at radius 1 is 1.33 bits per heavy atom. The molecule has 5 atom stereocenters. The second-order valence-electron chi connectivity index (χ2n) is 4.32. The number of ether oxygens (including phenoxy) is 1. The molecule has 0 amide bonds. The summed E-state index contributed by atoms with van der Waals surface area (Å²) in [6.07, 6.45) is 3.75. The van der Waals surface area contributed by atoms with Gasteiger partial charge in [-0.3, -0.25) is 4.90 Å². The van der Waals surface area contributed by atoms with Crippen molar-refractivity contribution < 1.29 is 9.84 Å². The predicted molar refractivity (Wildman–Crippen MR) is 43.9 cm³/mol. The van der Waals surface area contributed by atoms with Crippen LogP contribution in [0.25, 0.3) is 0 Å². The fourth-order valence-electron chi connectivity index (χ4n) is 3.21. The van der Waals surface area contributed by atoms with Crippen LogP contribution in [0.4, 0.5) is 0 Å². The zero-order valence-corrected chi connectivity index (χ0v) is 7.31.